The van der Waals surface area contributed by atoms with Crippen molar-refractivity contribution in [3.63, 3.8) is 0 Å². The van der Waals surface area contributed by atoms with E-state index in [9.17, 15) is 14.3 Å². The summed E-state index contributed by atoms with van der Waals surface area (Å²) >= 11 is 0. The third-order valence-electron chi connectivity index (χ3n) is 3.92. The van der Waals surface area contributed by atoms with E-state index in [4.69, 9.17) is 5.26 Å². The van der Waals surface area contributed by atoms with E-state index in [0.29, 0.717) is 19.4 Å². The molecule has 1 N–H and O–H groups in total. The molecule has 5 heteroatoms. The molecule has 1 atom stereocenters. The minimum atomic E-state index is -1.02. The Morgan fingerprint density at radius 1 is 1.60 bits per heavy atom. The number of hydrogen-bond donors (Lipinski definition) is 1. The van der Waals surface area contributed by atoms with Gasteiger partial charge in [-0.25, -0.2) is 9.18 Å². The minimum Gasteiger partial charge on any atom is -0.479 e. The van der Waals surface area contributed by atoms with E-state index in [2.05, 4.69) is 0 Å². The fraction of sp³-hybridized carbons (Fsp3) is 0.467. The van der Waals surface area contributed by atoms with Crippen molar-refractivity contribution in [3.05, 3.63) is 29.6 Å². The molecule has 0 saturated carbocycles. The molecule has 20 heavy (non-hydrogen) atoms. The molecule has 1 unspecified atom stereocenters. The van der Waals surface area contributed by atoms with Gasteiger partial charge in [-0.15, -0.1) is 0 Å². The van der Waals surface area contributed by atoms with Crippen molar-refractivity contribution in [1.82, 2.24) is 0 Å². The molecule has 0 spiro atoms. The van der Waals surface area contributed by atoms with Crippen LogP contribution in [0.15, 0.2) is 18.2 Å². The summed E-state index contributed by atoms with van der Waals surface area (Å²) < 4.78 is 14.2. The molecule has 1 fully saturated rings. The van der Waals surface area contributed by atoms with E-state index in [-0.39, 0.29) is 11.3 Å². The standard InChI is InChI=1S/C15H17FN2O2/c1-2-6-15(14(19)20)7-3-8-18(15)13-5-4-11(10-17)9-12(13)16/h4-5,9H,2-3,6-8H2,1H3,(H,19,20). The highest BCUT2D eigenvalue weighted by Gasteiger charge is 2.47. The summed E-state index contributed by atoms with van der Waals surface area (Å²) in [6.45, 7) is 2.45. The van der Waals surface area contributed by atoms with Gasteiger partial charge in [-0.05, 0) is 37.5 Å². The maximum Gasteiger partial charge on any atom is 0.329 e. The lowest BCUT2D eigenvalue weighted by Gasteiger charge is -2.36. The number of carbonyl (C=O) groups is 1. The largest absolute Gasteiger partial charge is 0.479 e. The normalized spacial score (nSPS) is 21.8. The smallest absolute Gasteiger partial charge is 0.329 e. The molecule has 1 aliphatic heterocycles. The van der Waals surface area contributed by atoms with Crippen LogP contribution in [0.2, 0.25) is 0 Å². The Balaban J connectivity index is 2.45. The molecule has 0 bridgehead atoms. The zero-order valence-corrected chi connectivity index (χ0v) is 11.4. The Morgan fingerprint density at radius 3 is 2.90 bits per heavy atom. The third-order valence-corrected chi connectivity index (χ3v) is 3.92. The molecule has 1 saturated heterocycles. The van der Waals surface area contributed by atoms with Crippen LogP contribution < -0.4 is 4.90 Å². The molecular weight excluding hydrogens is 259 g/mol. The fourth-order valence-corrected chi connectivity index (χ4v) is 3.03. The van der Waals surface area contributed by atoms with Crippen LogP contribution in [0.1, 0.15) is 38.2 Å². The zero-order valence-electron chi connectivity index (χ0n) is 11.4. The van der Waals surface area contributed by atoms with Gasteiger partial charge in [0.1, 0.15) is 11.4 Å². The number of nitrogens with zero attached hydrogens (tertiary/aromatic N) is 2. The number of halogens is 1. The molecule has 106 valence electrons. The first-order valence-corrected chi connectivity index (χ1v) is 6.76. The highest BCUT2D eigenvalue weighted by molar-refractivity contribution is 5.84. The van der Waals surface area contributed by atoms with Gasteiger partial charge in [-0.3, -0.25) is 0 Å². The van der Waals surface area contributed by atoms with Crippen molar-refractivity contribution in [3.8, 4) is 6.07 Å². The summed E-state index contributed by atoms with van der Waals surface area (Å²) in [5, 5.41) is 18.4. The van der Waals surface area contributed by atoms with E-state index in [1.54, 1.807) is 4.90 Å². The third kappa shape index (κ3) is 2.22. The molecule has 1 aromatic carbocycles. The summed E-state index contributed by atoms with van der Waals surface area (Å²) in [5.41, 5.74) is -0.511. The minimum absolute atomic E-state index is 0.238. The number of aliphatic carboxylic acids is 1. The number of rotatable bonds is 4. The first-order chi connectivity index (χ1) is 9.55. The Hall–Kier alpha value is -2.09. The van der Waals surface area contributed by atoms with E-state index in [1.807, 2.05) is 13.0 Å². The monoisotopic (exact) mass is 276 g/mol. The van der Waals surface area contributed by atoms with Crippen LogP contribution in [-0.4, -0.2) is 23.2 Å². The van der Waals surface area contributed by atoms with Gasteiger partial charge < -0.3 is 10.0 Å². The lowest BCUT2D eigenvalue weighted by molar-refractivity contribution is -0.143. The maximum atomic E-state index is 14.2. The first-order valence-electron chi connectivity index (χ1n) is 6.76. The van der Waals surface area contributed by atoms with Gasteiger partial charge in [0, 0.05) is 6.54 Å². The summed E-state index contributed by atoms with van der Waals surface area (Å²) in [4.78, 5) is 13.4. The summed E-state index contributed by atoms with van der Waals surface area (Å²) in [6, 6.07) is 6.07. The van der Waals surface area contributed by atoms with E-state index < -0.39 is 17.3 Å². The van der Waals surface area contributed by atoms with Gasteiger partial charge in [0.2, 0.25) is 0 Å². The number of carboxylic acid groups (broad SMARTS) is 1. The zero-order chi connectivity index (χ0) is 14.8. The van der Waals surface area contributed by atoms with Gasteiger partial charge >= 0.3 is 5.97 Å². The van der Waals surface area contributed by atoms with Crippen molar-refractivity contribution < 1.29 is 14.3 Å². The van der Waals surface area contributed by atoms with Crippen LogP contribution in [0.4, 0.5) is 10.1 Å². The molecule has 2 rings (SSSR count). The second kappa shape index (κ2) is 5.49. The second-order valence-corrected chi connectivity index (χ2v) is 5.12. The van der Waals surface area contributed by atoms with Crippen molar-refractivity contribution in [2.24, 2.45) is 0 Å². The number of benzene rings is 1. The van der Waals surface area contributed by atoms with Crippen molar-refractivity contribution in [2.45, 2.75) is 38.1 Å². The fourth-order valence-electron chi connectivity index (χ4n) is 3.03. The topological polar surface area (TPSA) is 64.3 Å². The van der Waals surface area contributed by atoms with Crippen LogP contribution in [0.5, 0.6) is 0 Å². The van der Waals surface area contributed by atoms with Crippen LogP contribution in [0.25, 0.3) is 0 Å². The number of hydrogen-bond acceptors (Lipinski definition) is 3. The summed E-state index contributed by atoms with van der Waals surface area (Å²) in [5.74, 6) is -1.44. The first kappa shape index (κ1) is 14.3. The van der Waals surface area contributed by atoms with E-state index >= 15 is 0 Å². The molecule has 0 radical (unpaired) electrons. The highest BCUT2D eigenvalue weighted by Crippen LogP contribution is 2.39. The van der Waals surface area contributed by atoms with E-state index in [0.717, 1.165) is 18.9 Å². The molecule has 0 amide bonds. The SMILES string of the molecule is CCCC1(C(=O)O)CCCN1c1ccc(C#N)cc1F. The molecule has 1 aliphatic rings. The Bertz CT molecular complexity index is 567. The maximum absolute atomic E-state index is 14.2. The van der Waals surface area contributed by atoms with Crippen LogP contribution in [0, 0.1) is 17.1 Å². The number of anilines is 1. The molecule has 0 aliphatic carbocycles. The van der Waals surface area contributed by atoms with Crippen LogP contribution in [0.3, 0.4) is 0 Å². The Morgan fingerprint density at radius 2 is 2.35 bits per heavy atom. The molecule has 1 heterocycles. The predicted octanol–water partition coefficient (Wildman–Crippen LogP) is 2.92. The van der Waals surface area contributed by atoms with Gasteiger partial charge in [0.15, 0.2) is 0 Å². The van der Waals surface area contributed by atoms with E-state index in [1.165, 1.54) is 12.1 Å². The molecule has 1 aromatic rings. The molecular formula is C15H17FN2O2. The second-order valence-electron chi connectivity index (χ2n) is 5.12. The quantitative estimate of drug-likeness (QED) is 0.918. The number of carboxylic acids is 1. The van der Waals surface area contributed by atoms with Crippen LogP contribution in [-0.2, 0) is 4.79 Å². The Kier molecular flexibility index (Phi) is 3.93. The van der Waals surface area contributed by atoms with Crippen molar-refractivity contribution in [2.75, 3.05) is 11.4 Å². The molecule has 4 nitrogen and oxygen atoms in total. The average Bonchev–Trinajstić information content (AvgIpc) is 2.84. The van der Waals surface area contributed by atoms with Crippen LogP contribution >= 0.6 is 0 Å². The van der Waals surface area contributed by atoms with Crippen molar-refractivity contribution in [1.29, 1.82) is 5.26 Å². The van der Waals surface area contributed by atoms with Gasteiger partial charge in [0.05, 0.1) is 17.3 Å². The average molecular weight is 276 g/mol. The van der Waals surface area contributed by atoms with Gasteiger partial charge in [0.25, 0.3) is 0 Å². The Labute approximate surface area is 117 Å². The van der Waals surface area contributed by atoms with Gasteiger partial charge in [-0.2, -0.15) is 5.26 Å². The van der Waals surface area contributed by atoms with Gasteiger partial charge in [-0.1, -0.05) is 13.3 Å². The van der Waals surface area contributed by atoms with Crippen molar-refractivity contribution >= 4 is 11.7 Å². The lowest BCUT2D eigenvalue weighted by atomic mass is 9.90. The lowest BCUT2D eigenvalue weighted by Crippen LogP contribution is -2.51. The summed E-state index contributed by atoms with van der Waals surface area (Å²) in [6.07, 6.45) is 2.46. The molecule has 0 aromatic heterocycles. The highest BCUT2D eigenvalue weighted by atomic mass is 19.1. The predicted molar refractivity (Wildman–Crippen MR) is 73.0 cm³/mol. The number of nitriles is 1. The summed E-state index contributed by atoms with van der Waals surface area (Å²) in [7, 11) is 0.